The molecule has 2 fully saturated rings. The van der Waals surface area contributed by atoms with Gasteiger partial charge in [0.1, 0.15) is 0 Å². The molecule has 0 radical (unpaired) electrons. The van der Waals surface area contributed by atoms with Crippen LogP contribution in [-0.4, -0.2) is 11.2 Å². The van der Waals surface area contributed by atoms with Crippen LogP contribution in [0.15, 0.2) is 0 Å². The maximum absolute atomic E-state index is 10.4. The summed E-state index contributed by atoms with van der Waals surface area (Å²) in [5, 5.41) is 10.4. The molecule has 2 aliphatic carbocycles. The highest BCUT2D eigenvalue weighted by Crippen LogP contribution is 2.44. The van der Waals surface area contributed by atoms with Crippen LogP contribution in [-0.2, 0) is 0 Å². The predicted molar refractivity (Wildman–Crippen MR) is 59.2 cm³/mol. The van der Waals surface area contributed by atoms with Gasteiger partial charge < -0.3 is 5.11 Å². The van der Waals surface area contributed by atoms with Gasteiger partial charge in [0.25, 0.3) is 0 Å². The van der Waals surface area contributed by atoms with Gasteiger partial charge in [-0.05, 0) is 37.0 Å². The van der Waals surface area contributed by atoms with E-state index >= 15 is 0 Å². The normalized spacial score (nSPS) is 30.4. The molecule has 2 saturated carbocycles. The van der Waals surface area contributed by atoms with E-state index in [1.165, 1.54) is 57.8 Å². The molecule has 2 rings (SSSR count). The maximum atomic E-state index is 10.4. The predicted octanol–water partition coefficient (Wildman–Crippen LogP) is 3.51. The minimum absolute atomic E-state index is 0.00898. The van der Waals surface area contributed by atoms with Crippen LogP contribution in [0.1, 0.15) is 64.7 Å². The van der Waals surface area contributed by atoms with Crippen LogP contribution in [0.25, 0.3) is 0 Å². The van der Waals surface area contributed by atoms with E-state index in [9.17, 15) is 5.11 Å². The molecule has 1 unspecified atom stereocenters. The fourth-order valence-electron chi connectivity index (χ4n) is 3.50. The van der Waals surface area contributed by atoms with Crippen molar-refractivity contribution in [1.29, 1.82) is 0 Å². The van der Waals surface area contributed by atoms with Gasteiger partial charge in [-0.3, -0.25) is 0 Å². The van der Waals surface area contributed by atoms with Gasteiger partial charge in [0, 0.05) is 0 Å². The third-order valence-corrected chi connectivity index (χ3v) is 4.56. The van der Waals surface area contributed by atoms with Gasteiger partial charge in [-0.1, -0.05) is 39.0 Å². The van der Waals surface area contributed by atoms with E-state index in [-0.39, 0.29) is 11.5 Å². The van der Waals surface area contributed by atoms with E-state index in [0.29, 0.717) is 5.92 Å². The number of aliphatic hydroxyl groups is 1. The molecular weight excluding hydrogens is 172 g/mol. The van der Waals surface area contributed by atoms with Gasteiger partial charge in [0.05, 0.1) is 6.10 Å². The third kappa shape index (κ3) is 1.98. The Morgan fingerprint density at radius 1 is 1.00 bits per heavy atom. The molecule has 1 heteroatoms. The molecule has 0 saturated heterocycles. The lowest BCUT2D eigenvalue weighted by atomic mass is 9.68. The summed E-state index contributed by atoms with van der Waals surface area (Å²) in [4.78, 5) is 0. The Hall–Kier alpha value is -0.0400. The SMILES string of the molecule is CC1(C(O)C2CCCC2)CCCCC1. The highest BCUT2D eigenvalue weighted by atomic mass is 16.3. The lowest BCUT2D eigenvalue weighted by Gasteiger charge is -2.40. The number of hydrogen-bond acceptors (Lipinski definition) is 1. The van der Waals surface area contributed by atoms with E-state index in [1.807, 2.05) is 0 Å². The minimum Gasteiger partial charge on any atom is -0.392 e. The lowest BCUT2D eigenvalue weighted by molar-refractivity contribution is -0.0289. The van der Waals surface area contributed by atoms with Crippen molar-refractivity contribution in [2.75, 3.05) is 0 Å². The smallest absolute Gasteiger partial charge is 0.0621 e. The topological polar surface area (TPSA) is 20.2 Å². The molecular formula is C13H24O. The van der Waals surface area contributed by atoms with Gasteiger partial charge in [0.15, 0.2) is 0 Å². The van der Waals surface area contributed by atoms with E-state index in [0.717, 1.165) is 0 Å². The third-order valence-electron chi connectivity index (χ3n) is 4.56. The van der Waals surface area contributed by atoms with Gasteiger partial charge in [-0.2, -0.15) is 0 Å². The van der Waals surface area contributed by atoms with Gasteiger partial charge >= 0.3 is 0 Å². The molecule has 0 aromatic rings. The zero-order valence-electron chi connectivity index (χ0n) is 9.47. The van der Waals surface area contributed by atoms with E-state index in [4.69, 9.17) is 0 Å². The average Bonchev–Trinajstić information content (AvgIpc) is 2.70. The van der Waals surface area contributed by atoms with Gasteiger partial charge in [-0.15, -0.1) is 0 Å². The van der Waals surface area contributed by atoms with Crippen LogP contribution in [0.4, 0.5) is 0 Å². The zero-order chi connectivity index (χ0) is 10.0. The first-order chi connectivity index (χ1) is 6.72. The van der Waals surface area contributed by atoms with Crippen molar-refractivity contribution in [1.82, 2.24) is 0 Å². The summed E-state index contributed by atoms with van der Waals surface area (Å²) in [5.74, 6) is 0.623. The number of rotatable bonds is 2. The molecule has 0 aliphatic heterocycles. The minimum atomic E-state index is -0.00898. The quantitative estimate of drug-likeness (QED) is 0.716. The molecule has 2 aliphatic rings. The molecule has 0 heterocycles. The molecule has 14 heavy (non-hydrogen) atoms. The van der Waals surface area contributed by atoms with Crippen molar-refractivity contribution in [3.63, 3.8) is 0 Å². The van der Waals surface area contributed by atoms with E-state index in [2.05, 4.69) is 6.92 Å². The molecule has 82 valence electrons. The summed E-state index contributed by atoms with van der Waals surface area (Å²) in [7, 11) is 0. The Balaban J connectivity index is 1.96. The Morgan fingerprint density at radius 2 is 1.57 bits per heavy atom. The Morgan fingerprint density at radius 3 is 2.14 bits per heavy atom. The summed E-state index contributed by atoms with van der Waals surface area (Å²) in [6.45, 7) is 2.31. The standard InChI is InChI=1S/C13H24O/c1-13(9-5-2-6-10-13)12(14)11-7-3-4-8-11/h11-12,14H,2-10H2,1H3. The van der Waals surface area contributed by atoms with Gasteiger partial charge in [0.2, 0.25) is 0 Å². The molecule has 0 amide bonds. The average molecular weight is 196 g/mol. The second-order valence-corrected chi connectivity index (χ2v) is 5.70. The van der Waals surface area contributed by atoms with E-state index < -0.39 is 0 Å². The Bertz CT molecular complexity index is 176. The Labute approximate surface area is 87.9 Å². The first kappa shape index (κ1) is 10.5. The van der Waals surface area contributed by atoms with Crippen molar-refractivity contribution in [2.45, 2.75) is 70.8 Å². The number of hydrogen-bond donors (Lipinski definition) is 1. The molecule has 1 atom stereocenters. The van der Waals surface area contributed by atoms with Crippen LogP contribution in [0, 0.1) is 11.3 Å². The lowest BCUT2D eigenvalue weighted by Crippen LogP contribution is -2.38. The first-order valence-electron chi connectivity index (χ1n) is 6.40. The highest BCUT2D eigenvalue weighted by molar-refractivity contribution is 4.90. The monoisotopic (exact) mass is 196 g/mol. The molecule has 0 spiro atoms. The molecule has 0 aromatic carbocycles. The molecule has 1 N–H and O–H groups in total. The molecule has 0 bridgehead atoms. The fourth-order valence-corrected chi connectivity index (χ4v) is 3.50. The van der Waals surface area contributed by atoms with Crippen molar-refractivity contribution in [2.24, 2.45) is 11.3 Å². The van der Waals surface area contributed by atoms with Crippen molar-refractivity contribution in [3.8, 4) is 0 Å². The summed E-state index contributed by atoms with van der Waals surface area (Å²) in [5.41, 5.74) is 0.257. The summed E-state index contributed by atoms with van der Waals surface area (Å²) in [6.07, 6.45) is 11.8. The Kier molecular flexibility index (Phi) is 3.16. The van der Waals surface area contributed by atoms with Crippen LogP contribution in [0.5, 0.6) is 0 Å². The second kappa shape index (κ2) is 4.22. The van der Waals surface area contributed by atoms with Crippen molar-refractivity contribution < 1.29 is 5.11 Å². The van der Waals surface area contributed by atoms with Crippen molar-refractivity contribution in [3.05, 3.63) is 0 Å². The van der Waals surface area contributed by atoms with Crippen LogP contribution < -0.4 is 0 Å². The van der Waals surface area contributed by atoms with E-state index in [1.54, 1.807) is 0 Å². The summed E-state index contributed by atoms with van der Waals surface area (Å²) in [6, 6.07) is 0. The fraction of sp³-hybridized carbons (Fsp3) is 1.00. The highest BCUT2D eigenvalue weighted by Gasteiger charge is 2.39. The molecule has 0 aromatic heterocycles. The second-order valence-electron chi connectivity index (χ2n) is 5.70. The van der Waals surface area contributed by atoms with Crippen molar-refractivity contribution >= 4 is 0 Å². The molecule has 1 nitrogen and oxygen atoms in total. The number of aliphatic hydroxyl groups excluding tert-OH is 1. The summed E-state index contributed by atoms with van der Waals surface area (Å²) >= 11 is 0. The maximum Gasteiger partial charge on any atom is 0.0621 e. The van der Waals surface area contributed by atoms with Crippen LogP contribution >= 0.6 is 0 Å². The van der Waals surface area contributed by atoms with Crippen LogP contribution in [0.2, 0.25) is 0 Å². The zero-order valence-corrected chi connectivity index (χ0v) is 9.47. The van der Waals surface area contributed by atoms with Crippen LogP contribution in [0.3, 0.4) is 0 Å². The summed E-state index contributed by atoms with van der Waals surface area (Å²) < 4.78 is 0. The first-order valence-corrected chi connectivity index (χ1v) is 6.40. The largest absolute Gasteiger partial charge is 0.392 e. The van der Waals surface area contributed by atoms with Gasteiger partial charge in [-0.25, -0.2) is 0 Å².